The lowest BCUT2D eigenvalue weighted by Crippen LogP contribution is -2.39. The van der Waals surface area contributed by atoms with Gasteiger partial charge in [-0.25, -0.2) is 4.79 Å². The molecular weight excluding hydrogens is 340 g/mol. The van der Waals surface area contributed by atoms with E-state index < -0.39 is 16.6 Å². The molecule has 1 aliphatic rings. The summed E-state index contributed by atoms with van der Waals surface area (Å²) in [6, 6.07) is 4.00. The van der Waals surface area contributed by atoms with Gasteiger partial charge in [0.25, 0.3) is 5.69 Å². The number of Topliss-reactive ketones (excluding diaryl/α,β-unsaturated/α-hetero) is 1. The minimum absolute atomic E-state index is 0.125. The van der Waals surface area contributed by atoms with Gasteiger partial charge in [0.1, 0.15) is 17.5 Å². The van der Waals surface area contributed by atoms with E-state index in [2.05, 4.69) is 0 Å². The van der Waals surface area contributed by atoms with E-state index in [1.165, 1.54) is 18.2 Å². The number of non-ortho nitro benzene ring substituents is 1. The number of nitro benzene ring substituents is 1. The Hall–Kier alpha value is -2.64. The topological polar surface area (TPSA) is 99.0 Å². The maximum atomic E-state index is 12.3. The molecule has 26 heavy (non-hydrogen) atoms. The summed E-state index contributed by atoms with van der Waals surface area (Å²) in [7, 11) is 0. The van der Waals surface area contributed by atoms with E-state index in [-0.39, 0.29) is 29.6 Å². The Morgan fingerprint density at radius 2 is 2.12 bits per heavy atom. The molecule has 1 atom stereocenters. The highest BCUT2D eigenvalue weighted by Crippen LogP contribution is 2.31. The van der Waals surface area contributed by atoms with Crippen LogP contribution >= 0.6 is 0 Å². The Bertz CT molecular complexity index is 710. The van der Waals surface area contributed by atoms with Gasteiger partial charge in [-0.15, -0.1) is 0 Å². The van der Waals surface area contributed by atoms with Crippen molar-refractivity contribution in [1.82, 2.24) is 4.90 Å². The average Bonchev–Trinajstić information content (AvgIpc) is 2.53. The Morgan fingerprint density at radius 3 is 2.69 bits per heavy atom. The molecule has 0 saturated heterocycles. The smallest absolute Gasteiger partial charge is 0.410 e. The lowest BCUT2D eigenvalue weighted by molar-refractivity contribution is -0.384. The van der Waals surface area contributed by atoms with Gasteiger partial charge in [0, 0.05) is 38.1 Å². The summed E-state index contributed by atoms with van der Waals surface area (Å²) >= 11 is 0. The number of carbonyl (C=O) groups excluding carboxylic acids is 2. The molecule has 1 aliphatic heterocycles. The van der Waals surface area contributed by atoms with Gasteiger partial charge in [-0.2, -0.15) is 0 Å². The number of benzene rings is 1. The van der Waals surface area contributed by atoms with Gasteiger partial charge in [0.05, 0.1) is 10.5 Å². The third-order valence-corrected chi connectivity index (χ3v) is 3.94. The normalized spacial score (nSPS) is 16.5. The molecule has 1 unspecified atom stereocenters. The van der Waals surface area contributed by atoms with Crippen molar-refractivity contribution in [1.29, 1.82) is 0 Å². The van der Waals surface area contributed by atoms with Crippen LogP contribution in [-0.2, 0) is 4.74 Å². The standard InChI is InChI=1S/C18H24N2O6/c1-5-19(17(22)26-18(2,3)4)9-8-13-11-15(21)14-10-12(20(23)24)6-7-16(14)25-13/h6-7,10,13H,5,8-9,11H2,1-4H3. The molecule has 0 aliphatic carbocycles. The fourth-order valence-corrected chi connectivity index (χ4v) is 2.66. The number of amides is 1. The Balaban J connectivity index is 2.00. The number of hydrogen-bond donors (Lipinski definition) is 0. The first-order valence-corrected chi connectivity index (χ1v) is 8.57. The number of nitro groups is 1. The number of ketones is 1. The molecule has 0 bridgehead atoms. The third kappa shape index (κ3) is 4.93. The first-order chi connectivity index (χ1) is 12.1. The van der Waals surface area contributed by atoms with Gasteiger partial charge in [-0.05, 0) is 33.8 Å². The number of rotatable bonds is 5. The van der Waals surface area contributed by atoms with Crippen LogP contribution in [0.15, 0.2) is 18.2 Å². The van der Waals surface area contributed by atoms with Crippen LogP contribution in [0.3, 0.4) is 0 Å². The summed E-state index contributed by atoms with van der Waals surface area (Å²) in [5.41, 5.74) is -0.480. The summed E-state index contributed by atoms with van der Waals surface area (Å²) < 4.78 is 11.1. The van der Waals surface area contributed by atoms with Crippen LogP contribution in [-0.4, -0.2) is 46.5 Å². The lowest BCUT2D eigenvalue weighted by atomic mass is 9.98. The minimum Gasteiger partial charge on any atom is -0.489 e. The second-order valence-corrected chi connectivity index (χ2v) is 7.15. The third-order valence-electron chi connectivity index (χ3n) is 3.94. The van der Waals surface area contributed by atoms with Crippen LogP contribution in [0.2, 0.25) is 0 Å². The zero-order valence-corrected chi connectivity index (χ0v) is 15.5. The molecule has 142 valence electrons. The zero-order valence-electron chi connectivity index (χ0n) is 15.5. The molecule has 8 heteroatoms. The fraction of sp³-hybridized carbons (Fsp3) is 0.556. The Morgan fingerprint density at radius 1 is 1.42 bits per heavy atom. The summed E-state index contributed by atoms with van der Waals surface area (Å²) in [4.78, 5) is 36.3. The monoisotopic (exact) mass is 364 g/mol. The number of ether oxygens (including phenoxy) is 2. The molecule has 0 saturated carbocycles. The van der Waals surface area contributed by atoms with Crippen molar-refractivity contribution in [2.24, 2.45) is 0 Å². The molecule has 1 aromatic rings. The first kappa shape index (κ1) is 19.7. The molecular formula is C18H24N2O6. The number of fused-ring (bicyclic) bond motifs is 1. The lowest BCUT2D eigenvalue weighted by Gasteiger charge is -2.29. The molecule has 1 aromatic carbocycles. The predicted octanol–water partition coefficient (Wildman–Crippen LogP) is 3.58. The van der Waals surface area contributed by atoms with Crippen molar-refractivity contribution in [3.63, 3.8) is 0 Å². The highest BCUT2D eigenvalue weighted by atomic mass is 16.6. The first-order valence-electron chi connectivity index (χ1n) is 8.57. The van der Waals surface area contributed by atoms with Crippen molar-refractivity contribution in [3.05, 3.63) is 33.9 Å². The summed E-state index contributed by atoms with van der Waals surface area (Å²) in [5, 5.41) is 10.8. The van der Waals surface area contributed by atoms with Crippen molar-refractivity contribution in [2.45, 2.75) is 52.2 Å². The van der Waals surface area contributed by atoms with Gasteiger partial charge in [0.15, 0.2) is 5.78 Å². The average molecular weight is 364 g/mol. The van der Waals surface area contributed by atoms with Crippen LogP contribution in [0, 0.1) is 10.1 Å². The van der Waals surface area contributed by atoms with Crippen LogP contribution in [0.4, 0.5) is 10.5 Å². The van der Waals surface area contributed by atoms with E-state index in [0.29, 0.717) is 25.3 Å². The second kappa shape index (κ2) is 7.72. The van der Waals surface area contributed by atoms with Crippen LogP contribution in [0.1, 0.15) is 50.9 Å². The van der Waals surface area contributed by atoms with Crippen LogP contribution in [0.5, 0.6) is 5.75 Å². The summed E-state index contributed by atoms with van der Waals surface area (Å²) in [6.07, 6.45) is -0.193. The molecule has 8 nitrogen and oxygen atoms in total. The maximum absolute atomic E-state index is 12.3. The molecule has 0 radical (unpaired) electrons. The molecule has 0 aromatic heterocycles. The van der Waals surface area contributed by atoms with Crippen molar-refractivity contribution in [2.75, 3.05) is 13.1 Å². The molecule has 0 fully saturated rings. The minimum atomic E-state index is -0.574. The van der Waals surface area contributed by atoms with Gasteiger partial charge >= 0.3 is 6.09 Å². The number of hydrogen-bond acceptors (Lipinski definition) is 6. The largest absolute Gasteiger partial charge is 0.489 e. The molecule has 1 amide bonds. The summed E-state index contributed by atoms with van der Waals surface area (Å²) in [6.45, 7) is 8.14. The van der Waals surface area contributed by atoms with Crippen LogP contribution in [0.25, 0.3) is 0 Å². The second-order valence-electron chi connectivity index (χ2n) is 7.15. The van der Waals surface area contributed by atoms with E-state index in [1.54, 1.807) is 25.7 Å². The van der Waals surface area contributed by atoms with Crippen molar-refractivity contribution >= 4 is 17.6 Å². The zero-order chi connectivity index (χ0) is 19.5. The molecule has 0 N–H and O–H groups in total. The van der Waals surface area contributed by atoms with E-state index in [0.717, 1.165) is 0 Å². The molecule has 2 rings (SSSR count). The highest BCUT2D eigenvalue weighted by molar-refractivity contribution is 6.00. The molecule has 1 heterocycles. The Kier molecular flexibility index (Phi) is 5.84. The highest BCUT2D eigenvalue weighted by Gasteiger charge is 2.29. The quantitative estimate of drug-likeness (QED) is 0.585. The van der Waals surface area contributed by atoms with E-state index in [1.807, 2.05) is 6.92 Å². The van der Waals surface area contributed by atoms with E-state index >= 15 is 0 Å². The number of nitrogens with zero attached hydrogens (tertiary/aromatic N) is 2. The number of carbonyl (C=O) groups is 2. The molecule has 0 spiro atoms. The van der Waals surface area contributed by atoms with E-state index in [4.69, 9.17) is 9.47 Å². The maximum Gasteiger partial charge on any atom is 0.410 e. The predicted molar refractivity (Wildman–Crippen MR) is 94.6 cm³/mol. The SMILES string of the molecule is CCN(CCC1CC(=O)c2cc([N+](=O)[O-])ccc2O1)C(=O)OC(C)(C)C. The van der Waals surface area contributed by atoms with Crippen molar-refractivity contribution in [3.8, 4) is 5.75 Å². The summed E-state index contributed by atoms with van der Waals surface area (Å²) in [5.74, 6) is 0.150. The van der Waals surface area contributed by atoms with Gasteiger partial charge in [0.2, 0.25) is 0 Å². The Labute approximate surface area is 152 Å². The van der Waals surface area contributed by atoms with Gasteiger partial charge in [-0.3, -0.25) is 14.9 Å². The van der Waals surface area contributed by atoms with Crippen molar-refractivity contribution < 1.29 is 24.0 Å². The van der Waals surface area contributed by atoms with Gasteiger partial charge < -0.3 is 14.4 Å². The fourth-order valence-electron chi connectivity index (χ4n) is 2.66. The van der Waals surface area contributed by atoms with Crippen LogP contribution < -0.4 is 4.74 Å². The van der Waals surface area contributed by atoms with Gasteiger partial charge in [-0.1, -0.05) is 0 Å². The van der Waals surface area contributed by atoms with E-state index in [9.17, 15) is 19.7 Å².